The van der Waals surface area contributed by atoms with Gasteiger partial charge >= 0.3 is 5.97 Å². The number of carboxylic acids is 1. The molecular weight excluding hydrogens is 258 g/mol. The molecule has 5 nitrogen and oxygen atoms in total. The number of rotatable bonds is 4. The summed E-state index contributed by atoms with van der Waals surface area (Å²) in [5.74, 6) is -1.31. The second kappa shape index (κ2) is 6.14. The van der Waals surface area contributed by atoms with Crippen LogP contribution in [0.15, 0.2) is 46.7 Å². The maximum Gasteiger partial charge on any atom is 0.333 e. The van der Waals surface area contributed by atoms with Crippen molar-refractivity contribution < 1.29 is 19.8 Å². The summed E-state index contributed by atoms with van der Waals surface area (Å²) in [6, 6.07) is 7.48. The number of aliphatic hydroxyl groups excluding tert-OH is 1. The molecule has 1 aromatic carbocycles. The van der Waals surface area contributed by atoms with Gasteiger partial charge in [0.15, 0.2) is 11.8 Å². The van der Waals surface area contributed by atoms with E-state index in [-0.39, 0.29) is 17.1 Å². The third kappa shape index (κ3) is 3.12. The molecule has 2 N–H and O–H groups in total. The molecule has 20 heavy (non-hydrogen) atoms. The Kier molecular flexibility index (Phi) is 4.30. The first-order chi connectivity index (χ1) is 9.59. The molecule has 0 radical (unpaired) electrons. The van der Waals surface area contributed by atoms with Crippen LogP contribution in [0.25, 0.3) is 0 Å². The number of aliphatic imine (C=N–C) groups is 1. The Labute approximate surface area is 116 Å². The normalized spacial score (nSPS) is 17.5. The molecular formula is C15H15NO4. The van der Waals surface area contributed by atoms with Gasteiger partial charge in [-0.1, -0.05) is 30.3 Å². The topological polar surface area (TPSA) is 87.0 Å². The van der Waals surface area contributed by atoms with Crippen LogP contribution in [0.4, 0.5) is 0 Å². The van der Waals surface area contributed by atoms with Crippen molar-refractivity contribution in [1.29, 1.82) is 0 Å². The van der Waals surface area contributed by atoms with Crippen molar-refractivity contribution in [2.24, 2.45) is 4.99 Å². The van der Waals surface area contributed by atoms with Crippen molar-refractivity contribution in [3.05, 3.63) is 47.2 Å². The largest absolute Gasteiger partial charge is 0.512 e. The first kappa shape index (κ1) is 14.0. The third-order valence-corrected chi connectivity index (χ3v) is 3.13. The summed E-state index contributed by atoms with van der Waals surface area (Å²) in [5, 5.41) is 18.9. The highest BCUT2D eigenvalue weighted by Gasteiger charge is 2.21. The number of ketones is 1. The lowest BCUT2D eigenvalue weighted by molar-refractivity contribution is -0.138. The van der Waals surface area contributed by atoms with Gasteiger partial charge in [-0.15, -0.1) is 0 Å². The molecule has 0 spiro atoms. The highest BCUT2D eigenvalue weighted by molar-refractivity contribution is 6.14. The lowest BCUT2D eigenvalue weighted by atomic mass is 9.97. The fourth-order valence-electron chi connectivity index (χ4n) is 2.07. The number of benzene rings is 1. The average molecular weight is 273 g/mol. The first-order valence-corrected chi connectivity index (χ1v) is 6.36. The second-order valence-corrected chi connectivity index (χ2v) is 4.57. The van der Waals surface area contributed by atoms with E-state index in [1.165, 1.54) is 6.21 Å². The molecule has 0 amide bonds. The highest BCUT2D eigenvalue weighted by atomic mass is 16.4. The number of nitrogens with zero attached hydrogens (tertiary/aromatic N) is 1. The minimum Gasteiger partial charge on any atom is -0.512 e. The Bertz CT molecular complexity index is 575. The van der Waals surface area contributed by atoms with Gasteiger partial charge in [-0.05, 0) is 12.0 Å². The Hall–Kier alpha value is -2.43. The quantitative estimate of drug-likeness (QED) is 0.825. The van der Waals surface area contributed by atoms with Gasteiger partial charge in [0, 0.05) is 19.1 Å². The van der Waals surface area contributed by atoms with Crippen molar-refractivity contribution in [2.75, 3.05) is 0 Å². The molecule has 1 aliphatic rings. The van der Waals surface area contributed by atoms with E-state index in [9.17, 15) is 19.8 Å². The van der Waals surface area contributed by atoms with Crippen LogP contribution in [0.2, 0.25) is 0 Å². The molecule has 0 fully saturated rings. The van der Waals surface area contributed by atoms with E-state index in [0.29, 0.717) is 24.8 Å². The number of Topliss-reactive ketones (excluding diaryl/α,β-unsaturated/α-hetero) is 1. The zero-order valence-electron chi connectivity index (χ0n) is 10.8. The second-order valence-electron chi connectivity index (χ2n) is 4.57. The summed E-state index contributed by atoms with van der Waals surface area (Å²) in [4.78, 5) is 26.9. The van der Waals surface area contributed by atoms with E-state index in [2.05, 4.69) is 4.99 Å². The van der Waals surface area contributed by atoms with Crippen LogP contribution in [-0.4, -0.2) is 28.2 Å². The van der Waals surface area contributed by atoms with Gasteiger partial charge in [0.1, 0.15) is 5.76 Å². The Morgan fingerprint density at radius 1 is 1.25 bits per heavy atom. The molecule has 0 saturated heterocycles. The number of aliphatic hydroxyl groups is 1. The molecule has 104 valence electrons. The van der Waals surface area contributed by atoms with E-state index in [1.54, 1.807) is 30.3 Å². The Morgan fingerprint density at radius 3 is 2.55 bits per heavy atom. The van der Waals surface area contributed by atoms with Crippen LogP contribution in [0, 0.1) is 0 Å². The van der Waals surface area contributed by atoms with Crippen LogP contribution in [0.5, 0.6) is 0 Å². The zero-order valence-corrected chi connectivity index (χ0v) is 10.8. The molecule has 0 unspecified atom stereocenters. The third-order valence-electron chi connectivity index (χ3n) is 3.13. The average Bonchev–Trinajstić information content (AvgIpc) is 2.43. The monoisotopic (exact) mass is 273 g/mol. The number of carboxylic acid groups (broad SMARTS) is 1. The van der Waals surface area contributed by atoms with Crippen LogP contribution < -0.4 is 0 Å². The smallest absolute Gasteiger partial charge is 0.333 e. The lowest BCUT2D eigenvalue weighted by Gasteiger charge is -2.12. The van der Waals surface area contributed by atoms with E-state index < -0.39 is 12.0 Å². The predicted octanol–water partition coefficient (Wildman–Crippen LogP) is 2.45. The SMILES string of the molecule is O=C1CCCC(O)=C1C=N[C@H](C(=O)O)c1ccccc1. The van der Waals surface area contributed by atoms with Crippen molar-refractivity contribution >= 4 is 18.0 Å². The van der Waals surface area contributed by atoms with E-state index in [4.69, 9.17) is 0 Å². The van der Waals surface area contributed by atoms with Gasteiger partial charge in [-0.3, -0.25) is 9.79 Å². The van der Waals surface area contributed by atoms with Crippen molar-refractivity contribution in [1.82, 2.24) is 0 Å². The number of aliphatic carboxylic acids is 1. The number of carbonyl (C=O) groups is 2. The number of carbonyl (C=O) groups excluding carboxylic acids is 1. The van der Waals surface area contributed by atoms with Crippen molar-refractivity contribution in [2.45, 2.75) is 25.3 Å². The minimum absolute atomic E-state index is 0.0119. The molecule has 1 aliphatic carbocycles. The Balaban J connectivity index is 2.27. The molecule has 1 aromatic rings. The summed E-state index contributed by atoms with van der Waals surface area (Å²) < 4.78 is 0. The number of hydrogen-bond acceptors (Lipinski definition) is 4. The minimum atomic E-state index is -1.10. The predicted molar refractivity (Wildman–Crippen MR) is 73.8 cm³/mol. The van der Waals surface area contributed by atoms with E-state index in [0.717, 1.165) is 0 Å². The van der Waals surface area contributed by atoms with Gasteiger partial charge in [-0.2, -0.15) is 0 Å². The van der Waals surface area contributed by atoms with Crippen LogP contribution in [0.3, 0.4) is 0 Å². The molecule has 0 heterocycles. The fraction of sp³-hybridized carbons (Fsp3) is 0.267. The molecule has 0 aromatic heterocycles. The maximum absolute atomic E-state index is 11.7. The fourth-order valence-corrected chi connectivity index (χ4v) is 2.07. The molecule has 0 bridgehead atoms. The molecule has 2 rings (SSSR count). The molecule has 0 saturated carbocycles. The Morgan fingerprint density at radius 2 is 1.95 bits per heavy atom. The van der Waals surface area contributed by atoms with E-state index in [1.807, 2.05) is 0 Å². The lowest BCUT2D eigenvalue weighted by Crippen LogP contribution is -2.15. The number of hydrogen-bond donors (Lipinski definition) is 2. The van der Waals surface area contributed by atoms with Crippen molar-refractivity contribution in [3.63, 3.8) is 0 Å². The molecule has 5 heteroatoms. The van der Waals surface area contributed by atoms with Gasteiger partial charge in [0.25, 0.3) is 0 Å². The van der Waals surface area contributed by atoms with Gasteiger partial charge in [-0.25, -0.2) is 4.79 Å². The van der Waals surface area contributed by atoms with E-state index >= 15 is 0 Å². The maximum atomic E-state index is 11.7. The van der Waals surface area contributed by atoms with Gasteiger partial charge < -0.3 is 10.2 Å². The summed E-state index contributed by atoms with van der Waals surface area (Å²) >= 11 is 0. The van der Waals surface area contributed by atoms with Crippen LogP contribution in [0.1, 0.15) is 30.9 Å². The van der Waals surface area contributed by atoms with Crippen molar-refractivity contribution in [3.8, 4) is 0 Å². The molecule has 0 aliphatic heterocycles. The zero-order chi connectivity index (χ0) is 14.5. The standard InChI is InChI=1S/C15H15NO4/c17-12-7-4-8-13(18)11(12)9-16-14(15(19)20)10-5-2-1-3-6-10/h1-3,5-6,9,14,17H,4,7-8H2,(H,19,20)/t14-/m0/s1. The molecule has 1 atom stereocenters. The van der Waals surface area contributed by atoms with Gasteiger partial charge in [0.05, 0.1) is 5.57 Å². The summed E-state index contributed by atoms with van der Waals surface area (Å²) in [6.45, 7) is 0. The summed E-state index contributed by atoms with van der Waals surface area (Å²) in [6.07, 6.45) is 2.58. The van der Waals surface area contributed by atoms with Gasteiger partial charge in [0.2, 0.25) is 0 Å². The summed E-state index contributed by atoms with van der Waals surface area (Å²) in [5.41, 5.74) is 0.651. The highest BCUT2D eigenvalue weighted by Crippen LogP contribution is 2.21. The number of allylic oxidation sites excluding steroid dienone is 2. The first-order valence-electron chi connectivity index (χ1n) is 6.36. The van der Waals surface area contributed by atoms with Crippen LogP contribution in [-0.2, 0) is 9.59 Å². The summed E-state index contributed by atoms with van der Waals surface area (Å²) in [7, 11) is 0. The van der Waals surface area contributed by atoms with Crippen LogP contribution >= 0.6 is 0 Å².